The third-order valence-electron chi connectivity index (χ3n) is 3.63. The maximum absolute atomic E-state index is 9.63. The summed E-state index contributed by atoms with van der Waals surface area (Å²) in [5.74, 6) is 0. The summed E-state index contributed by atoms with van der Waals surface area (Å²) in [5, 5.41) is 13.1. The predicted octanol–water partition coefficient (Wildman–Crippen LogP) is 1.45. The first-order valence-corrected chi connectivity index (χ1v) is 6.39. The number of hydrogen-bond donors (Lipinski definition) is 2. The summed E-state index contributed by atoms with van der Waals surface area (Å²) < 4.78 is 5.67. The molecule has 1 aliphatic heterocycles. The zero-order valence-corrected chi connectivity index (χ0v) is 9.45. The maximum Gasteiger partial charge on any atom is 0.0693 e. The van der Waals surface area contributed by atoms with Gasteiger partial charge in [0.1, 0.15) is 0 Å². The van der Waals surface area contributed by atoms with Gasteiger partial charge in [0.25, 0.3) is 0 Å². The monoisotopic (exact) mass is 213 g/mol. The molecule has 0 bridgehead atoms. The van der Waals surface area contributed by atoms with Crippen LogP contribution in [0.3, 0.4) is 0 Å². The molecule has 1 saturated heterocycles. The van der Waals surface area contributed by atoms with E-state index in [1.807, 2.05) is 0 Å². The summed E-state index contributed by atoms with van der Waals surface area (Å²) in [6.45, 7) is 1.93. The Kier molecular flexibility index (Phi) is 4.42. The van der Waals surface area contributed by atoms with Crippen LogP contribution in [0.25, 0.3) is 0 Å². The van der Waals surface area contributed by atoms with Gasteiger partial charge in [-0.15, -0.1) is 0 Å². The van der Waals surface area contributed by atoms with Gasteiger partial charge in [-0.2, -0.15) is 0 Å². The number of rotatable bonds is 4. The molecule has 0 amide bonds. The molecule has 88 valence electrons. The van der Waals surface area contributed by atoms with E-state index in [1.54, 1.807) is 0 Å². The summed E-state index contributed by atoms with van der Waals surface area (Å²) in [6, 6.07) is 0.341. The highest BCUT2D eigenvalue weighted by molar-refractivity contribution is 4.82. The van der Waals surface area contributed by atoms with Crippen LogP contribution in [0.4, 0.5) is 0 Å². The lowest BCUT2D eigenvalue weighted by Gasteiger charge is -2.24. The molecule has 2 N–H and O–H groups in total. The van der Waals surface area contributed by atoms with Gasteiger partial charge in [-0.3, -0.25) is 0 Å². The van der Waals surface area contributed by atoms with Crippen molar-refractivity contribution in [1.82, 2.24) is 5.32 Å². The van der Waals surface area contributed by atoms with E-state index in [-0.39, 0.29) is 6.10 Å². The second-order valence-electron chi connectivity index (χ2n) is 4.84. The van der Waals surface area contributed by atoms with Crippen molar-refractivity contribution in [2.75, 3.05) is 13.2 Å². The minimum atomic E-state index is -0.114. The second-order valence-corrected chi connectivity index (χ2v) is 4.84. The van der Waals surface area contributed by atoms with Crippen molar-refractivity contribution in [2.45, 2.75) is 63.2 Å². The third-order valence-corrected chi connectivity index (χ3v) is 3.63. The smallest absolute Gasteiger partial charge is 0.0693 e. The first-order valence-electron chi connectivity index (χ1n) is 6.39. The van der Waals surface area contributed by atoms with Gasteiger partial charge in [0.2, 0.25) is 0 Å². The van der Waals surface area contributed by atoms with Crippen LogP contribution in [0, 0.1) is 0 Å². The fraction of sp³-hybridized carbons (Fsp3) is 1.00. The van der Waals surface area contributed by atoms with Crippen molar-refractivity contribution in [3.8, 4) is 0 Å². The van der Waals surface area contributed by atoms with Crippen molar-refractivity contribution >= 4 is 0 Å². The van der Waals surface area contributed by atoms with E-state index in [4.69, 9.17) is 4.74 Å². The Morgan fingerprint density at radius 2 is 2.07 bits per heavy atom. The molecular formula is C12H23NO2. The number of aliphatic hydroxyl groups is 1. The summed E-state index contributed by atoms with van der Waals surface area (Å²) in [4.78, 5) is 0. The number of nitrogens with one attached hydrogen (secondary N) is 1. The van der Waals surface area contributed by atoms with Crippen molar-refractivity contribution in [3.63, 3.8) is 0 Å². The van der Waals surface area contributed by atoms with Gasteiger partial charge >= 0.3 is 0 Å². The Morgan fingerprint density at radius 3 is 2.73 bits per heavy atom. The lowest BCUT2D eigenvalue weighted by atomic mass is 10.1. The molecule has 0 radical (unpaired) electrons. The third kappa shape index (κ3) is 3.44. The summed E-state index contributed by atoms with van der Waals surface area (Å²) >= 11 is 0. The van der Waals surface area contributed by atoms with Gasteiger partial charge in [0.15, 0.2) is 0 Å². The number of hydrogen-bond acceptors (Lipinski definition) is 3. The van der Waals surface area contributed by atoms with Gasteiger partial charge in [0, 0.05) is 12.6 Å². The minimum Gasteiger partial charge on any atom is -0.392 e. The van der Waals surface area contributed by atoms with Crippen LogP contribution in [0.15, 0.2) is 0 Å². The molecule has 0 aromatic carbocycles. The van der Waals surface area contributed by atoms with E-state index in [9.17, 15) is 5.11 Å². The Balaban J connectivity index is 1.57. The normalized spacial score (nSPS) is 37.0. The summed E-state index contributed by atoms with van der Waals surface area (Å²) in [5.41, 5.74) is 0. The van der Waals surface area contributed by atoms with Crippen LogP contribution < -0.4 is 5.32 Å². The van der Waals surface area contributed by atoms with Gasteiger partial charge in [0.05, 0.1) is 12.2 Å². The molecule has 3 heteroatoms. The molecule has 2 aliphatic rings. The van der Waals surface area contributed by atoms with E-state index in [1.165, 1.54) is 25.7 Å². The molecule has 3 unspecified atom stereocenters. The highest BCUT2D eigenvalue weighted by atomic mass is 16.5. The first kappa shape index (κ1) is 11.4. The molecular weight excluding hydrogens is 190 g/mol. The highest BCUT2D eigenvalue weighted by Gasteiger charge is 2.24. The molecule has 0 aromatic rings. The average Bonchev–Trinajstić information content (AvgIpc) is 2.66. The van der Waals surface area contributed by atoms with E-state index in [0.717, 1.165) is 32.4 Å². The van der Waals surface area contributed by atoms with Crippen molar-refractivity contribution < 1.29 is 9.84 Å². The lowest BCUT2D eigenvalue weighted by Crippen LogP contribution is -2.37. The Bertz CT molecular complexity index is 180. The van der Waals surface area contributed by atoms with Crippen molar-refractivity contribution in [2.24, 2.45) is 0 Å². The average molecular weight is 213 g/mol. The molecule has 3 atom stereocenters. The van der Waals surface area contributed by atoms with Gasteiger partial charge in [-0.25, -0.2) is 0 Å². The molecule has 1 heterocycles. The maximum atomic E-state index is 9.63. The molecule has 0 spiro atoms. The second kappa shape index (κ2) is 5.83. The van der Waals surface area contributed by atoms with E-state index in [0.29, 0.717) is 12.1 Å². The zero-order chi connectivity index (χ0) is 10.5. The molecule has 15 heavy (non-hydrogen) atoms. The largest absolute Gasteiger partial charge is 0.392 e. The first-order chi connectivity index (χ1) is 7.36. The fourth-order valence-electron chi connectivity index (χ4n) is 2.64. The van der Waals surface area contributed by atoms with Gasteiger partial charge < -0.3 is 15.2 Å². The van der Waals surface area contributed by atoms with Crippen molar-refractivity contribution in [3.05, 3.63) is 0 Å². The number of aliphatic hydroxyl groups excluding tert-OH is 1. The molecule has 2 rings (SSSR count). The predicted molar refractivity (Wildman–Crippen MR) is 59.9 cm³/mol. The summed E-state index contributed by atoms with van der Waals surface area (Å²) in [7, 11) is 0. The molecule has 1 aliphatic carbocycles. The standard InChI is InChI=1S/C12H23NO2/c14-12-6-3-5-11(12)13-8-7-10-4-1-2-9-15-10/h10-14H,1-9H2. The van der Waals surface area contributed by atoms with Crippen LogP contribution in [-0.2, 0) is 4.74 Å². The van der Waals surface area contributed by atoms with E-state index < -0.39 is 0 Å². The van der Waals surface area contributed by atoms with Crippen LogP contribution in [0.2, 0.25) is 0 Å². The quantitative estimate of drug-likeness (QED) is 0.742. The SMILES string of the molecule is OC1CCCC1NCCC1CCCCO1. The highest BCUT2D eigenvalue weighted by Crippen LogP contribution is 2.19. The summed E-state index contributed by atoms with van der Waals surface area (Å²) in [6.07, 6.45) is 8.48. The molecule has 2 fully saturated rings. The van der Waals surface area contributed by atoms with E-state index in [2.05, 4.69) is 5.32 Å². The molecule has 0 aromatic heterocycles. The van der Waals surface area contributed by atoms with Gasteiger partial charge in [-0.1, -0.05) is 0 Å². The topological polar surface area (TPSA) is 41.5 Å². The zero-order valence-electron chi connectivity index (χ0n) is 9.45. The minimum absolute atomic E-state index is 0.114. The molecule has 3 nitrogen and oxygen atoms in total. The van der Waals surface area contributed by atoms with Crippen LogP contribution >= 0.6 is 0 Å². The van der Waals surface area contributed by atoms with Crippen LogP contribution in [0.5, 0.6) is 0 Å². The van der Waals surface area contributed by atoms with Crippen LogP contribution in [-0.4, -0.2) is 36.5 Å². The number of ether oxygens (including phenoxy) is 1. The Labute approximate surface area is 92.2 Å². The fourth-order valence-corrected chi connectivity index (χ4v) is 2.64. The van der Waals surface area contributed by atoms with Crippen LogP contribution in [0.1, 0.15) is 44.9 Å². The Hall–Kier alpha value is -0.120. The lowest BCUT2D eigenvalue weighted by molar-refractivity contribution is 0.0105. The van der Waals surface area contributed by atoms with Gasteiger partial charge in [-0.05, 0) is 51.5 Å². The van der Waals surface area contributed by atoms with Crippen molar-refractivity contribution in [1.29, 1.82) is 0 Å². The van der Waals surface area contributed by atoms with E-state index >= 15 is 0 Å². The molecule has 1 saturated carbocycles. The Morgan fingerprint density at radius 1 is 1.13 bits per heavy atom.